The Morgan fingerprint density at radius 2 is 2.03 bits per heavy atom. The summed E-state index contributed by atoms with van der Waals surface area (Å²) >= 11 is 1.38. The summed E-state index contributed by atoms with van der Waals surface area (Å²) in [5.41, 5.74) is 1.26. The standard InChI is InChI=1S/C23H25N5O7S/c29-18-8-7-16(21(32)24-18)28-22(33)15-4-2-5-17(20(15)23(28)34)36-12-11-35-10-9-27-13-14(25-26-27)3-1-6-19(30)31/h2,4-5,13,16H,1,3,6-12H2,(H,30,31)(H,24,29,32). The number of carbonyl (C=O) groups excluding carboxylic acids is 4. The number of piperidine rings is 1. The molecular weight excluding hydrogens is 490 g/mol. The highest BCUT2D eigenvalue weighted by Gasteiger charge is 2.45. The molecule has 0 radical (unpaired) electrons. The molecule has 0 aliphatic carbocycles. The first-order chi connectivity index (χ1) is 17.3. The number of aromatic nitrogens is 3. The number of aryl methyl sites for hydroxylation is 1. The molecule has 2 aliphatic rings. The molecule has 0 spiro atoms. The Morgan fingerprint density at radius 1 is 1.19 bits per heavy atom. The lowest BCUT2D eigenvalue weighted by Gasteiger charge is -2.27. The van der Waals surface area contributed by atoms with E-state index in [1.807, 2.05) is 0 Å². The van der Waals surface area contributed by atoms with Gasteiger partial charge < -0.3 is 9.84 Å². The molecule has 2 aromatic rings. The van der Waals surface area contributed by atoms with E-state index in [-0.39, 0.29) is 30.4 Å². The van der Waals surface area contributed by atoms with E-state index < -0.39 is 35.6 Å². The highest BCUT2D eigenvalue weighted by molar-refractivity contribution is 7.99. The predicted molar refractivity (Wildman–Crippen MR) is 125 cm³/mol. The minimum Gasteiger partial charge on any atom is -0.481 e. The van der Waals surface area contributed by atoms with E-state index in [1.54, 1.807) is 29.1 Å². The fraction of sp³-hybridized carbons (Fsp3) is 0.435. The Morgan fingerprint density at radius 3 is 2.81 bits per heavy atom. The molecule has 13 heteroatoms. The molecule has 1 atom stereocenters. The Hall–Kier alpha value is -3.58. The summed E-state index contributed by atoms with van der Waals surface area (Å²) in [5.74, 6) is -2.41. The van der Waals surface area contributed by atoms with Crippen LogP contribution in [0.25, 0.3) is 0 Å². The molecule has 12 nitrogen and oxygen atoms in total. The largest absolute Gasteiger partial charge is 0.481 e. The van der Waals surface area contributed by atoms with Gasteiger partial charge in [0.05, 0.1) is 36.6 Å². The Kier molecular flexibility index (Phi) is 8.10. The van der Waals surface area contributed by atoms with E-state index >= 15 is 0 Å². The number of hydrogen-bond acceptors (Lipinski definition) is 9. The van der Waals surface area contributed by atoms with Gasteiger partial charge in [-0.25, -0.2) is 4.68 Å². The number of ether oxygens (including phenoxy) is 1. The highest BCUT2D eigenvalue weighted by Crippen LogP contribution is 2.34. The van der Waals surface area contributed by atoms with Crippen LogP contribution < -0.4 is 5.32 Å². The van der Waals surface area contributed by atoms with Crippen molar-refractivity contribution in [2.75, 3.05) is 19.0 Å². The van der Waals surface area contributed by atoms with Crippen LogP contribution in [0.5, 0.6) is 0 Å². The number of benzene rings is 1. The van der Waals surface area contributed by atoms with Crippen LogP contribution in [-0.2, 0) is 32.1 Å². The zero-order valence-corrected chi connectivity index (χ0v) is 20.2. The van der Waals surface area contributed by atoms with E-state index in [9.17, 15) is 24.0 Å². The van der Waals surface area contributed by atoms with Gasteiger partial charge in [-0.3, -0.25) is 34.2 Å². The molecule has 190 valence electrons. The molecular formula is C23H25N5O7S. The molecule has 2 aliphatic heterocycles. The van der Waals surface area contributed by atoms with Crippen molar-refractivity contribution in [3.05, 3.63) is 41.2 Å². The lowest BCUT2D eigenvalue weighted by atomic mass is 10.0. The number of rotatable bonds is 12. The summed E-state index contributed by atoms with van der Waals surface area (Å²) in [4.78, 5) is 61.8. The summed E-state index contributed by atoms with van der Waals surface area (Å²) < 4.78 is 7.29. The third kappa shape index (κ3) is 5.79. The van der Waals surface area contributed by atoms with Gasteiger partial charge in [0.2, 0.25) is 11.8 Å². The first-order valence-corrected chi connectivity index (χ1v) is 12.5. The fourth-order valence-corrected chi connectivity index (χ4v) is 5.00. The summed E-state index contributed by atoms with van der Waals surface area (Å²) in [5, 5.41) is 18.9. The number of nitrogens with one attached hydrogen (secondary N) is 1. The average molecular weight is 516 g/mol. The maximum atomic E-state index is 13.1. The first kappa shape index (κ1) is 25.5. The van der Waals surface area contributed by atoms with Crippen LogP contribution in [0.1, 0.15) is 52.1 Å². The molecule has 0 bridgehead atoms. The second kappa shape index (κ2) is 11.4. The summed E-state index contributed by atoms with van der Waals surface area (Å²) in [7, 11) is 0. The Bertz CT molecular complexity index is 1200. The SMILES string of the molecule is O=C(O)CCCc1cn(CCOCCSc2cccc3c2C(=O)N(C2CCC(=O)NC2=O)C3=O)nn1. The fourth-order valence-electron chi connectivity index (χ4n) is 4.06. The van der Waals surface area contributed by atoms with Gasteiger partial charge >= 0.3 is 5.97 Å². The van der Waals surface area contributed by atoms with E-state index in [4.69, 9.17) is 9.84 Å². The lowest BCUT2D eigenvalue weighted by molar-refractivity contribution is -0.138. The molecule has 0 saturated carbocycles. The third-order valence-electron chi connectivity index (χ3n) is 5.79. The number of imide groups is 2. The number of carbonyl (C=O) groups is 5. The number of hydrogen-bond donors (Lipinski definition) is 2. The van der Waals surface area contributed by atoms with Gasteiger partial charge in [-0.15, -0.1) is 16.9 Å². The smallest absolute Gasteiger partial charge is 0.303 e. The molecule has 4 amide bonds. The van der Waals surface area contributed by atoms with Gasteiger partial charge in [0.1, 0.15) is 6.04 Å². The lowest BCUT2D eigenvalue weighted by Crippen LogP contribution is -2.54. The molecule has 1 saturated heterocycles. The van der Waals surface area contributed by atoms with Crippen molar-refractivity contribution in [3.63, 3.8) is 0 Å². The van der Waals surface area contributed by atoms with Gasteiger partial charge in [0.15, 0.2) is 0 Å². The monoisotopic (exact) mass is 515 g/mol. The molecule has 1 unspecified atom stereocenters. The number of thioether (sulfide) groups is 1. The summed E-state index contributed by atoms with van der Waals surface area (Å²) in [6.07, 6.45) is 3.10. The molecule has 1 aromatic carbocycles. The molecule has 3 heterocycles. The number of carboxylic acid groups (broad SMARTS) is 1. The number of aliphatic carboxylic acids is 1. The van der Waals surface area contributed by atoms with Crippen molar-refractivity contribution >= 4 is 41.4 Å². The topological polar surface area (TPSA) is 161 Å². The van der Waals surface area contributed by atoms with E-state index in [1.165, 1.54) is 11.8 Å². The van der Waals surface area contributed by atoms with Crippen LogP contribution in [0.2, 0.25) is 0 Å². The zero-order chi connectivity index (χ0) is 25.7. The van der Waals surface area contributed by atoms with Crippen molar-refractivity contribution in [2.45, 2.75) is 49.6 Å². The van der Waals surface area contributed by atoms with Gasteiger partial charge in [-0.05, 0) is 31.4 Å². The molecule has 1 aromatic heterocycles. The van der Waals surface area contributed by atoms with Gasteiger partial charge in [0, 0.05) is 29.7 Å². The van der Waals surface area contributed by atoms with Crippen LogP contribution in [0.15, 0.2) is 29.3 Å². The van der Waals surface area contributed by atoms with Crippen LogP contribution in [0, 0.1) is 0 Å². The van der Waals surface area contributed by atoms with Crippen LogP contribution in [-0.4, -0.2) is 79.6 Å². The van der Waals surface area contributed by atoms with Crippen molar-refractivity contribution < 1.29 is 33.8 Å². The van der Waals surface area contributed by atoms with E-state index in [0.29, 0.717) is 43.2 Å². The first-order valence-electron chi connectivity index (χ1n) is 11.5. The van der Waals surface area contributed by atoms with Crippen molar-refractivity contribution in [1.29, 1.82) is 0 Å². The molecule has 1 fully saturated rings. The maximum absolute atomic E-state index is 13.1. The summed E-state index contributed by atoms with van der Waals surface area (Å²) in [6.45, 7) is 1.28. The van der Waals surface area contributed by atoms with Crippen LogP contribution >= 0.6 is 11.8 Å². The average Bonchev–Trinajstić information content (AvgIpc) is 3.39. The predicted octanol–water partition coefficient (Wildman–Crippen LogP) is 0.895. The van der Waals surface area contributed by atoms with Crippen molar-refractivity contribution in [2.24, 2.45) is 0 Å². The minimum atomic E-state index is -0.995. The number of carboxylic acids is 1. The molecule has 36 heavy (non-hydrogen) atoms. The normalized spacial score (nSPS) is 17.4. The third-order valence-corrected chi connectivity index (χ3v) is 6.81. The number of amides is 4. The molecule has 4 rings (SSSR count). The van der Waals surface area contributed by atoms with Gasteiger partial charge in [-0.1, -0.05) is 11.3 Å². The second-order valence-electron chi connectivity index (χ2n) is 8.31. The Balaban J connectivity index is 1.25. The van der Waals surface area contributed by atoms with Crippen LogP contribution in [0.3, 0.4) is 0 Å². The number of fused-ring (bicyclic) bond motifs is 1. The van der Waals surface area contributed by atoms with Gasteiger partial charge in [0.25, 0.3) is 11.8 Å². The molecule has 2 N–H and O–H groups in total. The quantitative estimate of drug-likeness (QED) is 0.236. The maximum Gasteiger partial charge on any atom is 0.303 e. The highest BCUT2D eigenvalue weighted by atomic mass is 32.2. The van der Waals surface area contributed by atoms with Crippen LogP contribution in [0.4, 0.5) is 0 Å². The zero-order valence-electron chi connectivity index (χ0n) is 19.3. The van der Waals surface area contributed by atoms with Crippen molar-refractivity contribution in [3.8, 4) is 0 Å². The summed E-state index contributed by atoms with van der Waals surface area (Å²) in [6, 6.07) is 4.02. The number of nitrogens with zero attached hydrogens (tertiary/aromatic N) is 4. The van der Waals surface area contributed by atoms with E-state index in [0.717, 1.165) is 10.6 Å². The van der Waals surface area contributed by atoms with Gasteiger partial charge in [-0.2, -0.15) is 0 Å². The Labute approximate surface area is 210 Å². The second-order valence-corrected chi connectivity index (χ2v) is 9.44. The van der Waals surface area contributed by atoms with E-state index in [2.05, 4.69) is 15.6 Å². The van der Waals surface area contributed by atoms with Crippen molar-refractivity contribution in [1.82, 2.24) is 25.2 Å². The minimum absolute atomic E-state index is 0.0728.